The van der Waals surface area contributed by atoms with Gasteiger partial charge in [-0.05, 0) is 92.3 Å². The molecule has 0 saturated heterocycles. The molecule has 4 heterocycles. The van der Waals surface area contributed by atoms with Crippen LogP contribution < -0.4 is 0 Å². The van der Waals surface area contributed by atoms with Crippen LogP contribution in [-0.2, 0) is 0 Å². The second-order valence-electron chi connectivity index (χ2n) is 14.4. The molecule has 0 aliphatic rings. The predicted octanol–water partition coefficient (Wildman–Crippen LogP) is 14.2. The summed E-state index contributed by atoms with van der Waals surface area (Å²) in [7, 11) is 0. The zero-order chi connectivity index (χ0) is 36.0. The largest absolute Gasteiger partial charge is 0.254 e. The van der Waals surface area contributed by atoms with Gasteiger partial charge in [0.25, 0.3) is 0 Å². The minimum absolute atomic E-state index is 0.934. The van der Waals surface area contributed by atoms with Crippen molar-refractivity contribution in [2.24, 2.45) is 0 Å². The molecule has 0 N–H and O–H groups in total. The van der Waals surface area contributed by atoms with Gasteiger partial charge in [0.05, 0.1) is 22.2 Å². The van der Waals surface area contributed by atoms with Crippen LogP contribution in [0.5, 0.6) is 0 Å². The first-order chi connectivity index (χ1) is 27.2. The molecule has 254 valence electrons. The van der Waals surface area contributed by atoms with Crippen molar-refractivity contribution in [1.29, 1.82) is 0 Å². The fourth-order valence-electron chi connectivity index (χ4n) is 8.72. The number of pyridine rings is 3. The van der Waals surface area contributed by atoms with Crippen molar-refractivity contribution in [2.45, 2.75) is 0 Å². The van der Waals surface area contributed by atoms with Crippen LogP contribution in [-0.4, -0.2) is 15.0 Å². The molecule has 4 aromatic heterocycles. The van der Waals surface area contributed by atoms with Gasteiger partial charge in [-0.2, -0.15) is 0 Å². The average Bonchev–Trinajstić information content (AvgIpc) is 3.64. The second kappa shape index (κ2) is 11.7. The Balaban J connectivity index is 0.970. The van der Waals surface area contributed by atoms with Gasteiger partial charge >= 0.3 is 0 Å². The molecule has 55 heavy (non-hydrogen) atoms. The van der Waals surface area contributed by atoms with Gasteiger partial charge in [-0.15, -0.1) is 11.3 Å². The summed E-state index contributed by atoms with van der Waals surface area (Å²) in [5.74, 6) is 0. The normalized spacial score (nSPS) is 12.0. The smallest absolute Gasteiger partial charge is 0.0970 e. The molecule has 0 bridgehead atoms. The van der Waals surface area contributed by atoms with E-state index in [4.69, 9.17) is 9.97 Å². The predicted molar refractivity (Wildman–Crippen MR) is 234 cm³/mol. The van der Waals surface area contributed by atoms with Crippen LogP contribution in [0.2, 0.25) is 0 Å². The first kappa shape index (κ1) is 30.5. The molecule has 12 aromatic rings. The van der Waals surface area contributed by atoms with Crippen molar-refractivity contribution in [3.8, 4) is 33.5 Å². The van der Waals surface area contributed by atoms with Crippen LogP contribution in [0.4, 0.5) is 0 Å². The summed E-state index contributed by atoms with van der Waals surface area (Å²) in [4.78, 5) is 14.7. The molecule has 0 spiro atoms. The quantitative estimate of drug-likeness (QED) is 0.171. The fraction of sp³-hybridized carbons (Fsp3) is 0. The number of rotatable bonds is 3. The summed E-state index contributed by atoms with van der Waals surface area (Å²) in [5, 5.41) is 13.4. The topological polar surface area (TPSA) is 38.7 Å². The van der Waals surface area contributed by atoms with Gasteiger partial charge in [-0.3, -0.25) is 9.97 Å². The summed E-state index contributed by atoms with van der Waals surface area (Å²) >= 11 is 1.88. The maximum Gasteiger partial charge on any atom is 0.0970 e. The van der Waals surface area contributed by atoms with E-state index in [1.165, 1.54) is 80.1 Å². The SMILES string of the molecule is c1cc(-c2ccc3c(ccc4cc(-c5cc6cccnc6c6ncccc56)ccc43)c2)cc(-c2nc3ccccc3c3c2ccc2c4ccccc4sc23)c1. The molecule has 0 radical (unpaired) electrons. The molecule has 12 rings (SSSR count). The van der Waals surface area contributed by atoms with Crippen LogP contribution in [0, 0.1) is 0 Å². The van der Waals surface area contributed by atoms with Crippen molar-refractivity contribution in [3.05, 3.63) is 176 Å². The van der Waals surface area contributed by atoms with Crippen LogP contribution in [0.3, 0.4) is 0 Å². The Morgan fingerprint density at radius 2 is 1.05 bits per heavy atom. The Kier molecular flexibility index (Phi) is 6.50. The number of fused-ring (bicyclic) bond motifs is 13. The van der Waals surface area contributed by atoms with Crippen LogP contribution in [0.25, 0.3) is 119 Å². The average molecular weight is 716 g/mol. The third kappa shape index (κ3) is 4.65. The first-order valence-electron chi connectivity index (χ1n) is 18.6. The summed E-state index contributed by atoms with van der Waals surface area (Å²) in [5.41, 5.74) is 9.72. The van der Waals surface area contributed by atoms with E-state index in [1.807, 2.05) is 35.9 Å². The monoisotopic (exact) mass is 715 g/mol. The maximum atomic E-state index is 5.31. The molecule has 0 fully saturated rings. The molecule has 0 unspecified atom stereocenters. The number of nitrogens with zero attached hydrogens (tertiary/aromatic N) is 3. The standard InChI is InChI=1S/C51H29N3S/c1-3-14-45-42(12-1)47-43(23-22-41-39-11-2-4-15-46(39)55-51(41)47)48(54-45)35-9-5-8-30(27-35)31-18-20-37-32(26-31)16-17-33-28-34(19-21-38(33)37)44-29-36-10-6-24-52-49(36)50-40(44)13-7-25-53-50/h1-29H. The van der Waals surface area contributed by atoms with Crippen LogP contribution in [0.1, 0.15) is 0 Å². The lowest BCUT2D eigenvalue weighted by molar-refractivity contribution is 1.37. The first-order valence-corrected chi connectivity index (χ1v) is 19.4. The number of para-hydroxylation sites is 1. The molecule has 0 atom stereocenters. The molecule has 4 heteroatoms. The highest BCUT2D eigenvalue weighted by atomic mass is 32.1. The highest BCUT2D eigenvalue weighted by Crippen LogP contribution is 2.44. The third-order valence-corrected chi connectivity index (χ3v) is 12.5. The van der Waals surface area contributed by atoms with Crippen molar-refractivity contribution >= 4 is 96.5 Å². The minimum atomic E-state index is 0.934. The number of hydrogen-bond acceptors (Lipinski definition) is 4. The fourth-order valence-corrected chi connectivity index (χ4v) is 9.98. The maximum absolute atomic E-state index is 5.31. The molecule has 0 amide bonds. The molecule has 0 saturated carbocycles. The minimum Gasteiger partial charge on any atom is -0.254 e. The third-order valence-electron chi connectivity index (χ3n) is 11.3. The Morgan fingerprint density at radius 3 is 1.95 bits per heavy atom. The molecule has 3 nitrogen and oxygen atoms in total. The molecular formula is C51H29N3S. The van der Waals surface area contributed by atoms with E-state index in [0.717, 1.165) is 38.6 Å². The van der Waals surface area contributed by atoms with E-state index in [2.05, 4.69) is 157 Å². The Bertz CT molecular complexity index is 3560. The van der Waals surface area contributed by atoms with E-state index < -0.39 is 0 Å². The van der Waals surface area contributed by atoms with Gasteiger partial charge in [0.1, 0.15) is 0 Å². The van der Waals surface area contributed by atoms with E-state index in [-0.39, 0.29) is 0 Å². The number of thiophene rings is 1. The van der Waals surface area contributed by atoms with Crippen LogP contribution in [0.15, 0.2) is 176 Å². The second-order valence-corrected chi connectivity index (χ2v) is 15.4. The van der Waals surface area contributed by atoms with Gasteiger partial charge in [0.15, 0.2) is 0 Å². The van der Waals surface area contributed by atoms with E-state index in [0.29, 0.717) is 0 Å². The summed E-state index contributed by atoms with van der Waals surface area (Å²) in [6, 6.07) is 59.5. The van der Waals surface area contributed by atoms with Crippen molar-refractivity contribution in [1.82, 2.24) is 15.0 Å². The van der Waals surface area contributed by atoms with Gasteiger partial charge in [-0.25, -0.2) is 4.98 Å². The van der Waals surface area contributed by atoms with Crippen molar-refractivity contribution < 1.29 is 0 Å². The number of benzene rings is 8. The van der Waals surface area contributed by atoms with Crippen molar-refractivity contribution in [3.63, 3.8) is 0 Å². The summed E-state index contributed by atoms with van der Waals surface area (Å²) in [6.45, 7) is 0. The lowest BCUT2D eigenvalue weighted by Gasteiger charge is -2.13. The molecule has 0 aliphatic heterocycles. The number of aromatic nitrogens is 3. The lowest BCUT2D eigenvalue weighted by Crippen LogP contribution is -1.91. The molecule has 0 aliphatic carbocycles. The van der Waals surface area contributed by atoms with E-state index >= 15 is 0 Å². The summed E-state index contributed by atoms with van der Waals surface area (Å²) in [6.07, 6.45) is 3.69. The number of hydrogen-bond donors (Lipinski definition) is 0. The van der Waals surface area contributed by atoms with E-state index in [1.54, 1.807) is 0 Å². The molecular weight excluding hydrogens is 687 g/mol. The molecule has 8 aromatic carbocycles. The Morgan fingerprint density at radius 1 is 0.382 bits per heavy atom. The lowest BCUT2D eigenvalue weighted by atomic mass is 9.92. The zero-order valence-electron chi connectivity index (χ0n) is 29.5. The summed E-state index contributed by atoms with van der Waals surface area (Å²) < 4.78 is 2.64. The highest BCUT2D eigenvalue weighted by Gasteiger charge is 2.17. The van der Waals surface area contributed by atoms with Gasteiger partial charge in [0.2, 0.25) is 0 Å². The Labute approximate surface area is 319 Å². The van der Waals surface area contributed by atoms with Gasteiger partial charge < -0.3 is 0 Å². The van der Waals surface area contributed by atoms with Gasteiger partial charge in [0, 0.05) is 65.1 Å². The van der Waals surface area contributed by atoms with Gasteiger partial charge in [-0.1, -0.05) is 115 Å². The van der Waals surface area contributed by atoms with E-state index in [9.17, 15) is 0 Å². The zero-order valence-corrected chi connectivity index (χ0v) is 30.3. The van der Waals surface area contributed by atoms with Crippen molar-refractivity contribution in [2.75, 3.05) is 0 Å². The Hall–Kier alpha value is -7.01. The van der Waals surface area contributed by atoms with Crippen LogP contribution >= 0.6 is 11.3 Å². The highest BCUT2D eigenvalue weighted by molar-refractivity contribution is 7.26.